The Kier molecular flexibility index (Phi) is 3.72. The summed E-state index contributed by atoms with van der Waals surface area (Å²) < 4.78 is 1.98. The Morgan fingerprint density at radius 3 is 3.12 bits per heavy atom. The van der Waals surface area contributed by atoms with E-state index >= 15 is 0 Å². The molecule has 0 aliphatic carbocycles. The van der Waals surface area contributed by atoms with Crippen LogP contribution in [0.1, 0.15) is 5.69 Å². The van der Waals surface area contributed by atoms with Gasteiger partial charge in [0.1, 0.15) is 5.65 Å². The second kappa shape index (κ2) is 5.45. The fraction of sp³-hybridized carbons (Fsp3) is 0.333. The first-order valence-electron chi connectivity index (χ1n) is 5.63. The van der Waals surface area contributed by atoms with Crippen molar-refractivity contribution in [1.82, 2.24) is 20.0 Å². The van der Waals surface area contributed by atoms with Crippen LogP contribution in [0.3, 0.4) is 0 Å². The summed E-state index contributed by atoms with van der Waals surface area (Å²) in [5.74, 6) is 0.0104. The van der Waals surface area contributed by atoms with E-state index in [1.54, 1.807) is 7.05 Å². The zero-order valence-electron chi connectivity index (χ0n) is 9.81. The van der Waals surface area contributed by atoms with Crippen LogP contribution in [-0.2, 0) is 11.2 Å². The van der Waals surface area contributed by atoms with E-state index in [9.17, 15) is 4.79 Å². The zero-order valence-corrected chi connectivity index (χ0v) is 9.81. The minimum absolute atomic E-state index is 0.0104. The standard InChI is InChI=1S/C12H16N4O/c1-13-8-12(17)14-6-5-10-9-16-7-3-2-4-11(16)15-10/h2-4,7,9,13H,5-6,8H2,1H3,(H,14,17). The van der Waals surface area contributed by atoms with E-state index in [1.807, 2.05) is 35.0 Å². The molecule has 5 heteroatoms. The van der Waals surface area contributed by atoms with Gasteiger partial charge in [0.15, 0.2) is 0 Å². The van der Waals surface area contributed by atoms with Crippen molar-refractivity contribution in [2.24, 2.45) is 0 Å². The normalized spacial score (nSPS) is 10.6. The Balaban J connectivity index is 1.89. The van der Waals surface area contributed by atoms with Gasteiger partial charge in [-0.15, -0.1) is 0 Å². The Hall–Kier alpha value is -1.88. The van der Waals surface area contributed by atoms with E-state index in [4.69, 9.17) is 0 Å². The maximum absolute atomic E-state index is 11.2. The van der Waals surface area contributed by atoms with Crippen LogP contribution in [0.5, 0.6) is 0 Å². The van der Waals surface area contributed by atoms with Gasteiger partial charge in [-0.25, -0.2) is 4.98 Å². The van der Waals surface area contributed by atoms with Crippen molar-refractivity contribution < 1.29 is 4.79 Å². The van der Waals surface area contributed by atoms with Gasteiger partial charge in [0, 0.05) is 25.4 Å². The second-order valence-electron chi connectivity index (χ2n) is 3.83. The molecule has 2 heterocycles. The number of pyridine rings is 1. The van der Waals surface area contributed by atoms with Crippen molar-refractivity contribution >= 4 is 11.6 Å². The van der Waals surface area contributed by atoms with Gasteiger partial charge in [-0.05, 0) is 19.2 Å². The molecule has 0 unspecified atom stereocenters. The molecule has 0 saturated carbocycles. The smallest absolute Gasteiger partial charge is 0.233 e. The molecule has 2 rings (SSSR count). The van der Waals surface area contributed by atoms with Gasteiger partial charge in [-0.1, -0.05) is 6.07 Å². The molecule has 0 fully saturated rings. The van der Waals surface area contributed by atoms with E-state index in [0.29, 0.717) is 13.1 Å². The van der Waals surface area contributed by atoms with Gasteiger partial charge in [0.25, 0.3) is 0 Å². The van der Waals surface area contributed by atoms with Crippen LogP contribution in [0.15, 0.2) is 30.6 Å². The second-order valence-corrected chi connectivity index (χ2v) is 3.83. The summed E-state index contributed by atoms with van der Waals surface area (Å²) in [5.41, 5.74) is 1.92. The first-order chi connectivity index (χ1) is 8.29. The summed E-state index contributed by atoms with van der Waals surface area (Å²) in [6.07, 6.45) is 4.70. The number of hydrogen-bond acceptors (Lipinski definition) is 3. The van der Waals surface area contributed by atoms with Gasteiger partial charge in [0.05, 0.1) is 12.2 Å². The van der Waals surface area contributed by atoms with Gasteiger partial charge in [-0.3, -0.25) is 4.79 Å². The molecule has 0 bridgehead atoms. The molecule has 2 N–H and O–H groups in total. The third kappa shape index (κ3) is 3.04. The third-order valence-corrected chi connectivity index (χ3v) is 2.45. The van der Waals surface area contributed by atoms with E-state index in [0.717, 1.165) is 17.8 Å². The minimum atomic E-state index is 0.0104. The molecule has 0 atom stereocenters. The van der Waals surface area contributed by atoms with Crippen molar-refractivity contribution in [1.29, 1.82) is 0 Å². The number of carbonyl (C=O) groups is 1. The van der Waals surface area contributed by atoms with Crippen molar-refractivity contribution in [3.05, 3.63) is 36.3 Å². The predicted molar refractivity (Wildman–Crippen MR) is 65.8 cm³/mol. The van der Waals surface area contributed by atoms with Crippen LogP contribution in [0.2, 0.25) is 0 Å². The zero-order chi connectivity index (χ0) is 12.1. The highest BCUT2D eigenvalue weighted by Crippen LogP contribution is 2.04. The highest BCUT2D eigenvalue weighted by molar-refractivity contribution is 5.77. The number of rotatable bonds is 5. The molecular formula is C12H16N4O. The minimum Gasteiger partial charge on any atom is -0.355 e. The van der Waals surface area contributed by atoms with Crippen LogP contribution in [-0.4, -0.2) is 35.4 Å². The lowest BCUT2D eigenvalue weighted by atomic mass is 10.3. The summed E-state index contributed by atoms with van der Waals surface area (Å²) in [5, 5.41) is 5.63. The summed E-state index contributed by atoms with van der Waals surface area (Å²) >= 11 is 0. The number of nitrogens with one attached hydrogen (secondary N) is 2. The fourth-order valence-electron chi connectivity index (χ4n) is 1.66. The van der Waals surface area contributed by atoms with Crippen LogP contribution < -0.4 is 10.6 Å². The van der Waals surface area contributed by atoms with E-state index in [-0.39, 0.29) is 5.91 Å². The van der Waals surface area contributed by atoms with Crippen LogP contribution in [0.4, 0.5) is 0 Å². The maximum atomic E-state index is 11.2. The Bertz CT molecular complexity index is 473. The Morgan fingerprint density at radius 2 is 2.35 bits per heavy atom. The molecule has 17 heavy (non-hydrogen) atoms. The molecule has 90 valence electrons. The molecule has 1 amide bonds. The summed E-state index contributed by atoms with van der Waals surface area (Å²) in [7, 11) is 1.75. The lowest BCUT2D eigenvalue weighted by molar-refractivity contribution is -0.120. The molecule has 0 radical (unpaired) electrons. The third-order valence-electron chi connectivity index (χ3n) is 2.45. The molecule has 0 spiro atoms. The number of nitrogens with zero attached hydrogens (tertiary/aromatic N) is 2. The van der Waals surface area contributed by atoms with E-state index in [2.05, 4.69) is 15.6 Å². The molecule has 0 aliphatic heterocycles. The maximum Gasteiger partial charge on any atom is 0.233 e. The topological polar surface area (TPSA) is 58.4 Å². The number of carbonyl (C=O) groups excluding carboxylic acids is 1. The summed E-state index contributed by atoms with van der Waals surface area (Å²) in [6.45, 7) is 0.968. The molecule has 0 saturated heterocycles. The highest BCUT2D eigenvalue weighted by atomic mass is 16.1. The lowest BCUT2D eigenvalue weighted by Gasteiger charge is -2.02. The van der Waals surface area contributed by atoms with Crippen LogP contribution >= 0.6 is 0 Å². The number of amides is 1. The molecule has 0 aliphatic rings. The van der Waals surface area contributed by atoms with Gasteiger partial charge in [-0.2, -0.15) is 0 Å². The fourth-order valence-corrected chi connectivity index (χ4v) is 1.66. The highest BCUT2D eigenvalue weighted by Gasteiger charge is 2.02. The summed E-state index contributed by atoms with van der Waals surface area (Å²) in [6, 6.07) is 5.89. The lowest BCUT2D eigenvalue weighted by Crippen LogP contribution is -2.33. The Labute approximate surface area is 99.9 Å². The van der Waals surface area contributed by atoms with Gasteiger partial charge >= 0.3 is 0 Å². The van der Waals surface area contributed by atoms with Crippen LogP contribution in [0.25, 0.3) is 5.65 Å². The van der Waals surface area contributed by atoms with Crippen molar-refractivity contribution in [2.75, 3.05) is 20.1 Å². The largest absolute Gasteiger partial charge is 0.355 e. The number of imidazole rings is 1. The van der Waals surface area contributed by atoms with Crippen molar-refractivity contribution in [2.45, 2.75) is 6.42 Å². The Morgan fingerprint density at radius 1 is 1.47 bits per heavy atom. The molecule has 5 nitrogen and oxygen atoms in total. The van der Waals surface area contributed by atoms with E-state index in [1.165, 1.54) is 0 Å². The monoisotopic (exact) mass is 232 g/mol. The predicted octanol–water partition coefficient (Wildman–Crippen LogP) is 0.212. The van der Waals surface area contributed by atoms with Crippen molar-refractivity contribution in [3.63, 3.8) is 0 Å². The van der Waals surface area contributed by atoms with E-state index < -0.39 is 0 Å². The number of aromatic nitrogens is 2. The van der Waals surface area contributed by atoms with Gasteiger partial charge < -0.3 is 15.0 Å². The number of fused-ring (bicyclic) bond motifs is 1. The molecule has 0 aromatic carbocycles. The molecular weight excluding hydrogens is 216 g/mol. The average molecular weight is 232 g/mol. The van der Waals surface area contributed by atoms with Crippen molar-refractivity contribution in [3.8, 4) is 0 Å². The quantitative estimate of drug-likeness (QED) is 0.775. The van der Waals surface area contributed by atoms with Crippen LogP contribution in [0, 0.1) is 0 Å². The SMILES string of the molecule is CNCC(=O)NCCc1cn2ccccc2n1. The van der Waals surface area contributed by atoms with Gasteiger partial charge in [0.2, 0.25) is 5.91 Å². The first kappa shape index (κ1) is 11.6. The molecule has 2 aromatic rings. The average Bonchev–Trinajstić information content (AvgIpc) is 2.71. The summed E-state index contributed by atoms with van der Waals surface area (Å²) in [4.78, 5) is 15.7. The first-order valence-corrected chi connectivity index (χ1v) is 5.63. The number of hydrogen-bond donors (Lipinski definition) is 2. The molecule has 2 aromatic heterocycles. The number of likely N-dealkylation sites (N-methyl/N-ethyl adjacent to an activating group) is 1.